The lowest BCUT2D eigenvalue weighted by molar-refractivity contribution is 0.0527. The Labute approximate surface area is 132 Å². The molecule has 0 rings (SSSR count). The van der Waals surface area contributed by atoms with Crippen LogP contribution in [0.15, 0.2) is 0 Å². The van der Waals surface area contributed by atoms with E-state index in [2.05, 4.69) is 12.2 Å². The van der Waals surface area contributed by atoms with Crippen molar-refractivity contribution in [3.8, 4) is 0 Å². The van der Waals surface area contributed by atoms with Crippen molar-refractivity contribution in [3.05, 3.63) is 0 Å². The van der Waals surface area contributed by atoms with Gasteiger partial charge in [0.05, 0.1) is 0 Å². The Morgan fingerprint density at radius 3 is 1.71 bits per heavy atom. The van der Waals surface area contributed by atoms with Gasteiger partial charge >= 0.3 is 6.09 Å². The van der Waals surface area contributed by atoms with Gasteiger partial charge in [-0.3, -0.25) is 0 Å². The number of alkyl carbamates (subject to hydrolysis) is 1. The minimum atomic E-state index is -0.401. The molecule has 1 amide bonds. The molecule has 0 aromatic heterocycles. The van der Waals surface area contributed by atoms with Crippen molar-refractivity contribution in [2.75, 3.05) is 6.54 Å². The maximum atomic E-state index is 11.4. The van der Waals surface area contributed by atoms with Crippen LogP contribution >= 0.6 is 0 Å². The molecule has 4 heteroatoms. The number of amides is 1. The third kappa shape index (κ3) is 19.2. The van der Waals surface area contributed by atoms with Crippen molar-refractivity contribution < 1.29 is 9.53 Å². The summed E-state index contributed by atoms with van der Waals surface area (Å²) in [5.74, 6) is 0. The first-order chi connectivity index (χ1) is 9.45. The van der Waals surface area contributed by atoms with E-state index in [1.54, 1.807) is 0 Å². The van der Waals surface area contributed by atoms with Gasteiger partial charge in [0.1, 0.15) is 5.60 Å². The van der Waals surface area contributed by atoms with Gasteiger partial charge < -0.3 is 16.2 Å². The van der Waals surface area contributed by atoms with E-state index in [9.17, 15) is 4.79 Å². The quantitative estimate of drug-likeness (QED) is 0.488. The van der Waals surface area contributed by atoms with E-state index in [4.69, 9.17) is 4.74 Å². The lowest BCUT2D eigenvalue weighted by atomic mass is 10.1. The first kappa shape index (κ1) is 22.5. The second-order valence-corrected chi connectivity index (χ2v) is 6.61. The first-order valence-electron chi connectivity index (χ1n) is 8.42. The Morgan fingerprint density at radius 1 is 0.857 bits per heavy atom. The summed E-state index contributed by atoms with van der Waals surface area (Å²) in [6, 6.07) is 0. The molecule has 0 atom stereocenters. The van der Waals surface area contributed by atoms with Gasteiger partial charge in [0.25, 0.3) is 0 Å². The molecule has 0 saturated carbocycles. The number of unbranched alkanes of at least 4 members (excludes halogenated alkanes) is 9. The Balaban J connectivity index is 0. The van der Waals surface area contributed by atoms with Crippen molar-refractivity contribution in [2.24, 2.45) is 0 Å². The summed E-state index contributed by atoms with van der Waals surface area (Å²) in [6.07, 6.45) is 12.8. The molecule has 0 bridgehead atoms. The molecule has 128 valence electrons. The standard InChI is InChI=1S/C17H35NO2.H3N/c1-5-6-7-8-9-10-11-12-13-14-15-18-16(19)20-17(2,3)4;/h5-15H2,1-4H3,(H,18,19);1H3. The smallest absolute Gasteiger partial charge is 0.407 e. The van der Waals surface area contributed by atoms with Crippen LogP contribution in [-0.4, -0.2) is 18.2 Å². The molecule has 0 aliphatic heterocycles. The van der Waals surface area contributed by atoms with E-state index in [-0.39, 0.29) is 12.2 Å². The highest BCUT2D eigenvalue weighted by molar-refractivity contribution is 5.67. The van der Waals surface area contributed by atoms with Crippen LogP contribution in [0.4, 0.5) is 4.79 Å². The Kier molecular flexibility index (Phi) is 15.2. The Hall–Kier alpha value is -0.770. The fourth-order valence-electron chi connectivity index (χ4n) is 2.12. The summed E-state index contributed by atoms with van der Waals surface area (Å²) in [7, 11) is 0. The summed E-state index contributed by atoms with van der Waals surface area (Å²) in [5.41, 5.74) is -0.401. The normalized spacial score (nSPS) is 10.9. The predicted molar refractivity (Wildman–Crippen MR) is 91.1 cm³/mol. The van der Waals surface area contributed by atoms with Crippen LogP contribution in [-0.2, 0) is 4.74 Å². The second kappa shape index (κ2) is 14.2. The number of carbonyl (C=O) groups excluding carboxylic acids is 1. The average Bonchev–Trinajstić information content (AvgIpc) is 2.34. The van der Waals surface area contributed by atoms with Crippen LogP contribution < -0.4 is 11.5 Å². The van der Waals surface area contributed by atoms with Crippen LogP contribution in [0.25, 0.3) is 0 Å². The minimum Gasteiger partial charge on any atom is -0.444 e. The van der Waals surface area contributed by atoms with Gasteiger partial charge in [-0.2, -0.15) is 0 Å². The zero-order chi connectivity index (χ0) is 15.3. The molecule has 0 aliphatic rings. The van der Waals surface area contributed by atoms with Gasteiger partial charge in [-0.05, 0) is 27.2 Å². The van der Waals surface area contributed by atoms with Gasteiger partial charge in [0.2, 0.25) is 0 Å². The lowest BCUT2D eigenvalue weighted by Crippen LogP contribution is -2.32. The molecule has 0 aromatic rings. The van der Waals surface area contributed by atoms with Crippen LogP contribution in [0.5, 0.6) is 0 Å². The highest BCUT2D eigenvalue weighted by Crippen LogP contribution is 2.10. The number of nitrogens with one attached hydrogen (secondary N) is 1. The number of ether oxygens (including phenoxy) is 1. The molecule has 0 aromatic carbocycles. The molecule has 4 nitrogen and oxygen atoms in total. The molecule has 0 radical (unpaired) electrons. The second-order valence-electron chi connectivity index (χ2n) is 6.61. The lowest BCUT2D eigenvalue weighted by Gasteiger charge is -2.19. The van der Waals surface area contributed by atoms with Gasteiger partial charge in [-0.15, -0.1) is 0 Å². The Bertz CT molecular complexity index is 237. The first-order valence-corrected chi connectivity index (χ1v) is 8.42. The molecule has 4 N–H and O–H groups in total. The largest absolute Gasteiger partial charge is 0.444 e. The molecular formula is C17H38N2O2. The summed E-state index contributed by atoms with van der Waals surface area (Å²) in [5, 5.41) is 2.80. The summed E-state index contributed by atoms with van der Waals surface area (Å²) >= 11 is 0. The highest BCUT2D eigenvalue weighted by atomic mass is 16.6. The number of rotatable bonds is 11. The monoisotopic (exact) mass is 302 g/mol. The molecule has 0 unspecified atom stereocenters. The van der Waals surface area contributed by atoms with E-state index in [0.717, 1.165) is 13.0 Å². The van der Waals surface area contributed by atoms with E-state index in [1.807, 2.05) is 20.8 Å². The van der Waals surface area contributed by atoms with Crippen molar-refractivity contribution in [2.45, 2.75) is 97.5 Å². The van der Waals surface area contributed by atoms with E-state index >= 15 is 0 Å². The Morgan fingerprint density at radius 2 is 1.29 bits per heavy atom. The molecule has 0 saturated heterocycles. The molecule has 0 aliphatic carbocycles. The fraction of sp³-hybridized carbons (Fsp3) is 0.941. The fourth-order valence-corrected chi connectivity index (χ4v) is 2.12. The van der Waals surface area contributed by atoms with E-state index in [0.29, 0.717) is 0 Å². The minimum absolute atomic E-state index is 0. The van der Waals surface area contributed by atoms with E-state index < -0.39 is 5.60 Å². The third-order valence-corrected chi connectivity index (χ3v) is 3.20. The van der Waals surface area contributed by atoms with Crippen LogP contribution in [0, 0.1) is 0 Å². The molecule has 0 heterocycles. The molecular weight excluding hydrogens is 264 g/mol. The van der Waals surface area contributed by atoms with Gasteiger partial charge in [0.15, 0.2) is 0 Å². The van der Waals surface area contributed by atoms with Crippen molar-refractivity contribution in [1.82, 2.24) is 11.5 Å². The maximum Gasteiger partial charge on any atom is 0.407 e. The topological polar surface area (TPSA) is 73.3 Å². The number of hydrogen-bond acceptors (Lipinski definition) is 3. The highest BCUT2D eigenvalue weighted by Gasteiger charge is 2.15. The molecule has 0 fully saturated rings. The zero-order valence-electron chi connectivity index (χ0n) is 14.8. The summed E-state index contributed by atoms with van der Waals surface area (Å²) < 4.78 is 5.18. The number of hydrogen-bond donors (Lipinski definition) is 2. The van der Waals surface area contributed by atoms with Crippen molar-refractivity contribution in [3.63, 3.8) is 0 Å². The van der Waals surface area contributed by atoms with Crippen molar-refractivity contribution >= 4 is 6.09 Å². The van der Waals surface area contributed by atoms with Crippen LogP contribution in [0.3, 0.4) is 0 Å². The predicted octanol–water partition coefficient (Wildman–Crippen LogP) is 5.59. The maximum absolute atomic E-state index is 11.4. The molecule has 0 spiro atoms. The summed E-state index contributed by atoms with van der Waals surface area (Å²) in [6.45, 7) is 8.63. The zero-order valence-corrected chi connectivity index (χ0v) is 14.8. The van der Waals surface area contributed by atoms with E-state index in [1.165, 1.54) is 57.8 Å². The number of carbonyl (C=O) groups is 1. The van der Waals surface area contributed by atoms with Crippen molar-refractivity contribution in [1.29, 1.82) is 0 Å². The SMILES string of the molecule is CCCCCCCCCCCCNC(=O)OC(C)(C)C.N. The van der Waals surface area contributed by atoms with Gasteiger partial charge in [0, 0.05) is 6.54 Å². The van der Waals surface area contributed by atoms with Gasteiger partial charge in [-0.1, -0.05) is 64.7 Å². The van der Waals surface area contributed by atoms with Gasteiger partial charge in [-0.25, -0.2) is 4.79 Å². The van der Waals surface area contributed by atoms with Crippen LogP contribution in [0.1, 0.15) is 91.9 Å². The third-order valence-electron chi connectivity index (χ3n) is 3.20. The summed E-state index contributed by atoms with van der Waals surface area (Å²) in [4.78, 5) is 11.4. The average molecular weight is 303 g/mol. The van der Waals surface area contributed by atoms with Crippen LogP contribution in [0.2, 0.25) is 0 Å². The molecule has 21 heavy (non-hydrogen) atoms.